The first-order valence-corrected chi connectivity index (χ1v) is 7.63. The third kappa shape index (κ3) is 3.48. The zero-order valence-electron chi connectivity index (χ0n) is 11.8. The summed E-state index contributed by atoms with van der Waals surface area (Å²) in [6, 6.07) is 13.2. The molecule has 0 unspecified atom stereocenters. The van der Waals surface area contributed by atoms with Crippen LogP contribution in [0.15, 0.2) is 42.5 Å². The van der Waals surface area contributed by atoms with E-state index in [-0.39, 0.29) is 10.8 Å². The molecular weight excluding hydrogens is 287 g/mol. The molecule has 2 nitrogen and oxygen atoms in total. The second kappa shape index (κ2) is 6.35. The molecule has 1 heterocycles. The first kappa shape index (κ1) is 14.2. The molecule has 0 atom stereocenters. The van der Waals surface area contributed by atoms with Gasteiger partial charge in [-0.2, -0.15) is 0 Å². The molecule has 2 aromatic rings. The van der Waals surface area contributed by atoms with E-state index in [0.29, 0.717) is 6.54 Å². The van der Waals surface area contributed by atoms with Gasteiger partial charge >= 0.3 is 0 Å². The number of hydrogen-bond acceptors (Lipinski definition) is 2. The van der Waals surface area contributed by atoms with Crippen LogP contribution in [0.4, 0.5) is 15.8 Å². The van der Waals surface area contributed by atoms with Gasteiger partial charge in [-0.15, -0.1) is 0 Å². The number of benzene rings is 2. The molecule has 2 aromatic carbocycles. The summed E-state index contributed by atoms with van der Waals surface area (Å²) in [7, 11) is 0. The van der Waals surface area contributed by atoms with Gasteiger partial charge in [0.05, 0.1) is 5.02 Å². The van der Waals surface area contributed by atoms with E-state index in [1.165, 1.54) is 24.6 Å². The van der Waals surface area contributed by atoms with Crippen LogP contribution in [0, 0.1) is 5.82 Å². The molecule has 0 aliphatic carbocycles. The smallest absolute Gasteiger partial charge is 0.141 e. The number of nitrogens with zero attached hydrogens (tertiary/aromatic N) is 1. The summed E-state index contributed by atoms with van der Waals surface area (Å²) in [5.41, 5.74) is 3.30. The standard InChI is InChI=1S/C17H18ClFN2/c18-16-11-13(3-8-17(16)19)12-20-14-4-6-15(7-5-14)21-9-1-2-10-21/h3-8,11,20H,1-2,9-10,12H2. The van der Waals surface area contributed by atoms with Crippen molar-refractivity contribution in [1.82, 2.24) is 0 Å². The Morgan fingerprint density at radius 3 is 2.43 bits per heavy atom. The van der Waals surface area contributed by atoms with Crippen molar-refractivity contribution in [3.63, 3.8) is 0 Å². The van der Waals surface area contributed by atoms with Crippen LogP contribution in [0.5, 0.6) is 0 Å². The van der Waals surface area contributed by atoms with Crippen LogP contribution >= 0.6 is 11.6 Å². The van der Waals surface area contributed by atoms with E-state index < -0.39 is 0 Å². The van der Waals surface area contributed by atoms with Crippen LogP contribution in [0.3, 0.4) is 0 Å². The summed E-state index contributed by atoms with van der Waals surface area (Å²) in [6.45, 7) is 2.94. The van der Waals surface area contributed by atoms with Crippen molar-refractivity contribution in [2.24, 2.45) is 0 Å². The SMILES string of the molecule is Fc1ccc(CNc2ccc(N3CCCC3)cc2)cc1Cl. The average Bonchev–Trinajstić information content (AvgIpc) is 3.03. The van der Waals surface area contributed by atoms with Crippen molar-refractivity contribution in [2.45, 2.75) is 19.4 Å². The van der Waals surface area contributed by atoms with E-state index in [9.17, 15) is 4.39 Å². The lowest BCUT2D eigenvalue weighted by molar-refractivity contribution is 0.627. The molecule has 21 heavy (non-hydrogen) atoms. The summed E-state index contributed by atoms with van der Waals surface area (Å²) < 4.78 is 13.1. The molecule has 0 bridgehead atoms. The lowest BCUT2D eigenvalue weighted by Gasteiger charge is -2.18. The summed E-state index contributed by atoms with van der Waals surface area (Å²) in [6.07, 6.45) is 2.57. The molecule has 1 fully saturated rings. The van der Waals surface area contributed by atoms with Crippen LogP contribution in [-0.2, 0) is 6.54 Å². The lowest BCUT2D eigenvalue weighted by atomic mass is 10.2. The molecule has 110 valence electrons. The Morgan fingerprint density at radius 2 is 1.76 bits per heavy atom. The summed E-state index contributed by atoms with van der Waals surface area (Å²) in [4.78, 5) is 2.41. The molecule has 0 saturated carbocycles. The highest BCUT2D eigenvalue weighted by molar-refractivity contribution is 6.30. The Labute approximate surface area is 129 Å². The molecule has 1 aliphatic rings. The van der Waals surface area contributed by atoms with Gasteiger partial charge in [0, 0.05) is 31.0 Å². The third-order valence-corrected chi connectivity index (χ3v) is 4.11. The van der Waals surface area contributed by atoms with Gasteiger partial charge in [-0.1, -0.05) is 17.7 Å². The van der Waals surface area contributed by atoms with Gasteiger partial charge in [0.25, 0.3) is 0 Å². The Bertz CT molecular complexity index is 607. The molecule has 1 N–H and O–H groups in total. The first-order chi connectivity index (χ1) is 10.2. The zero-order chi connectivity index (χ0) is 14.7. The first-order valence-electron chi connectivity index (χ1n) is 7.25. The Kier molecular flexibility index (Phi) is 4.30. The Hall–Kier alpha value is -1.74. The molecule has 0 radical (unpaired) electrons. The summed E-state index contributed by atoms with van der Waals surface area (Å²) >= 11 is 5.78. The highest BCUT2D eigenvalue weighted by atomic mass is 35.5. The van der Waals surface area contributed by atoms with Gasteiger partial charge in [-0.05, 0) is 54.8 Å². The fourth-order valence-electron chi connectivity index (χ4n) is 2.62. The van der Waals surface area contributed by atoms with Crippen LogP contribution < -0.4 is 10.2 Å². The van der Waals surface area contributed by atoms with E-state index in [0.717, 1.165) is 24.3 Å². The normalized spacial score (nSPS) is 14.5. The van der Waals surface area contributed by atoms with Crippen LogP contribution in [0.1, 0.15) is 18.4 Å². The van der Waals surface area contributed by atoms with Crippen molar-refractivity contribution < 1.29 is 4.39 Å². The second-order valence-corrected chi connectivity index (χ2v) is 5.75. The molecule has 4 heteroatoms. The van der Waals surface area contributed by atoms with E-state index in [1.807, 2.05) is 0 Å². The summed E-state index contributed by atoms with van der Waals surface area (Å²) in [5, 5.41) is 3.49. The van der Waals surface area contributed by atoms with Crippen molar-refractivity contribution in [1.29, 1.82) is 0 Å². The van der Waals surface area contributed by atoms with E-state index >= 15 is 0 Å². The highest BCUT2D eigenvalue weighted by Gasteiger charge is 2.11. The number of anilines is 2. The largest absolute Gasteiger partial charge is 0.381 e. The van der Waals surface area contributed by atoms with Gasteiger partial charge in [0.1, 0.15) is 5.82 Å². The molecule has 0 amide bonds. The average molecular weight is 305 g/mol. The maximum Gasteiger partial charge on any atom is 0.141 e. The third-order valence-electron chi connectivity index (χ3n) is 3.82. The van der Waals surface area contributed by atoms with Crippen molar-refractivity contribution in [3.8, 4) is 0 Å². The molecule has 0 aromatic heterocycles. The van der Waals surface area contributed by atoms with E-state index in [4.69, 9.17) is 11.6 Å². The van der Waals surface area contributed by atoms with Crippen molar-refractivity contribution >= 4 is 23.0 Å². The molecule has 1 saturated heterocycles. The van der Waals surface area contributed by atoms with Crippen molar-refractivity contribution in [3.05, 3.63) is 58.9 Å². The minimum Gasteiger partial charge on any atom is -0.381 e. The van der Waals surface area contributed by atoms with Gasteiger partial charge in [0.2, 0.25) is 0 Å². The topological polar surface area (TPSA) is 15.3 Å². The van der Waals surface area contributed by atoms with Crippen LogP contribution in [0.25, 0.3) is 0 Å². The minimum atomic E-state index is -0.379. The maximum absolute atomic E-state index is 13.1. The lowest BCUT2D eigenvalue weighted by Crippen LogP contribution is -2.17. The van der Waals surface area contributed by atoms with E-state index in [2.05, 4.69) is 34.5 Å². The Morgan fingerprint density at radius 1 is 1.05 bits per heavy atom. The predicted octanol–water partition coefficient (Wildman–Crippen LogP) is 4.69. The minimum absolute atomic E-state index is 0.165. The fourth-order valence-corrected chi connectivity index (χ4v) is 2.82. The molecular formula is C17H18ClFN2. The number of halogens is 2. The fraction of sp³-hybridized carbons (Fsp3) is 0.294. The van der Waals surface area contributed by atoms with Crippen LogP contribution in [-0.4, -0.2) is 13.1 Å². The highest BCUT2D eigenvalue weighted by Crippen LogP contribution is 2.22. The molecule has 1 aliphatic heterocycles. The van der Waals surface area contributed by atoms with E-state index in [1.54, 1.807) is 12.1 Å². The van der Waals surface area contributed by atoms with Crippen LogP contribution in [0.2, 0.25) is 5.02 Å². The van der Waals surface area contributed by atoms with Crippen molar-refractivity contribution in [2.75, 3.05) is 23.3 Å². The predicted molar refractivity (Wildman–Crippen MR) is 86.6 cm³/mol. The zero-order valence-corrected chi connectivity index (χ0v) is 12.5. The van der Waals surface area contributed by atoms with Gasteiger partial charge in [0.15, 0.2) is 0 Å². The number of rotatable bonds is 4. The van der Waals surface area contributed by atoms with Gasteiger partial charge in [-0.3, -0.25) is 0 Å². The van der Waals surface area contributed by atoms with Gasteiger partial charge in [-0.25, -0.2) is 4.39 Å². The number of hydrogen-bond donors (Lipinski definition) is 1. The van der Waals surface area contributed by atoms with Gasteiger partial charge < -0.3 is 10.2 Å². The molecule has 0 spiro atoms. The second-order valence-electron chi connectivity index (χ2n) is 5.34. The summed E-state index contributed by atoms with van der Waals surface area (Å²) in [5.74, 6) is -0.379. The Balaban J connectivity index is 1.61. The number of nitrogens with one attached hydrogen (secondary N) is 1. The molecule has 3 rings (SSSR count). The monoisotopic (exact) mass is 304 g/mol. The quantitative estimate of drug-likeness (QED) is 0.881. The maximum atomic E-state index is 13.1.